The van der Waals surface area contributed by atoms with Crippen LogP contribution in [-0.2, 0) is 0 Å². The third-order valence-electron chi connectivity index (χ3n) is 5.03. The van der Waals surface area contributed by atoms with Crippen molar-refractivity contribution in [3.05, 3.63) is 23.8 Å². The highest BCUT2D eigenvalue weighted by atomic mass is 16.5. The van der Waals surface area contributed by atoms with E-state index in [0.717, 1.165) is 30.4 Å². The fourth-order valence-electron chi connectivity index (χ4n) is 3.67. The standard InChI is InChI=1S/C18H27NO2/c1-13-6-4-3-5-7-16(13)19-17-10-11-21-18-9-8-14(20-2)12-15(17)18/h8-9,12-13,16-17,19H,3-7,10-11H2,1-2H3. The van der Waals surface area contributed by atoms with Gasteiger partial charge in [-0.25, -0.2) is 0 Å². The second kappa shape index (κ2) is 6.69. The molecule has 1 heterocycles. The molecule has 1 fully saturated rings. The lowest BCUT2D eigenvalue weighted by atomic mass is 9.93. The van der Waals surface area contributed by atoms with Crippen molar-refractivity contribution in [1.82, 2.24) is 5.32 Å². The third kappa shape index (κ3) is 3.34. The first-order chi connectivity index (χ1) is 10.3. The van der Waals surface area contributed by atoms with Gasteiger partial charge >= 0.3 is 0 Å². The van der Waals surface area contributed by atoms with Crippen LogP contribution in [0, 0.1) is 5.92 Å². The van der Waals surface area contributed by atoms with E-state index < -0.39 is 0 Å². The number of rotatable bonds is 3. The lowest BCUT2D eigenvalue weighted by Gasteiger charge is -2.33. The Hall–Kier alpha value is -1.22. The van der Waals surface area contributed by atoms with Crippen molar-refractivity contribution in [2.24, 2.45) is 5.92 Å². The van der Waals surface area contributed by atoms with Crippen LogP contribution in [0.1, 0.15) is 57.1 Å². The van der Waals surface area contributed by atoms with E-state index in [1.807, 2.05) is 12.1 Å². The summed E-state index contributed by atoms with van der Waals surface area (Å²) in [6.45, 7) is 3.20. The van der Waals surface area contributed by atoms with Gasteiger partial charge in [0.25, 0.3) is 0 Å². The number of methoxy groups -OCH3 is 1. The van der Waals surface area contributed by atoms with Crippen LogP contribution in [0.3, 0.4) is 0 Å². The van der Waals surface area contributed by atoms with Gasteiger partial charge in [0.05, 0.1) is 13.7 Å². The first-order valence-corrected chi connectivity index (χ1v) is 8.34. The Bertz CT molecular complexity index is 474. The minimum absolute atomic E-state index is 0.398. The molecule has 1 aliphatic carbocycles. The van der Waals surface area contributed by atoms with Gasteiger partial charge in [-0.1, -0.05) is 26.2 Å². The third-order valence-corrected chi connectivity index (χ3v) is 5.03. The van der Waals surface area contributed by atoms with E-state index in [1.54, 1.807) is 7.11 Å². The lowest BCUT2D eigenvalue weighted by Crippen LogP contribution is -2.39. The topological polar surface area (TPSA) is 30.5 Å². The highest BCUT2D eigenvalue weighted by Gasteiger charge is 2.27. The summed E-state index contributed by atoms with van der Waals surface area (Å²) in [5.74, 6) is 2.70. The summed E-state index contributed by atoms with van der Waals surface area (Å²) < 4.78 is 11.2. The van der Waals surface area contributed by atoms with Crippen LogP contribution < -0.4 is 14.8 Å². The molecule has 3 nitrogen and oxygen atoms in total. The van der Waals surface area contributed by atoms with Crippen LogP contribution in [0.5, 0.6) is 11.5 Å². The molecule has 1 saturated carbocycles. The minimum Gasteiger partial charge on any atom is -0.497 e. The SMILES string of the molecule is COc1ccc2c(c1)C(NC1CCCCCC1C)CCO2. The van der Waals surface area contributed by atoms with Gasteiger partial charge in [-0.3, -0.25) is 0 Å². The molecule has 1 aliphatic heterocycles. The van der Waals surface area contributed by atoms with Crippen molar-refractivity contribution >= 4 is 0 Å². The van der Waals surface area contributed by atoms with Gasteiger partial charge < -0.3 is 14.8 Å². The average Bonchev–Trinajstić information content (AvgIpc) is 2.72. The van der Waals surface area contributed by atoms with Crippen molar-refractivity contribution in [2.45, 2.75) is 57.5 Å². The zero-order chi connectivity index (χ0) is 14.7. The summed E-state index contributed by atoms with van der Waals surface area (Å²) in [5, 5.41) is 3.92. The average molecular weight is 289 g/mol. The van der Waals surface area contributed by atoms with Gasteiger partial charge in [0, 0.05) is 24.1 Å². The molecule has 0 radical (unpaired) electrons. The Morgan fingerprint density at radius 1 is 1.14 bits per heavy atom. The summed E-state index contributed by atoms with van der Waals surface area (Å²) in [6, 6.07) is 7.19. The Morgan fingerprint density at radius 3 is 2.86 bits per heavy atom. The number of hydrogen-bond acceptors (Lipinski definition) is 3. The molecule has 1 aromatic carbocycles. The lowest BCUT2D eigenvalue weighted by molar-refractivity contribution is 0.227. The molecule has 3 rings (SSSR count). The van der Waals surface area contributed by atoms with Crippen LogP contribution in [0.2, 0.25) is 0 Å². The van der Waals surface area contributed by atoms with E-state index >= 15 is 0 Å². The van der Waals surface area contributed by atoms with Crippen LogP contribution in [0.15, 0.2) is 18.2 Å². The molecule has 0 bridgehead atoms. The first kappa shape index (κ1) is 14.7. The number of hydrogen-bond donors (Lipinski definition) is 1. The quantitative estimate of drug-likeness (QED) is 0.851. The second-order valence-electron chi connectivity index (χ2n) is 6.48. The molecule has 1 aromatic rings. The van der Waals surface area contributed by atoms with Gasteiger partial charge in [-0.2, -0.15) is 0 Å². The number of nitrogens with one attached hydrogen (secondary N) is 1. The molecule has 0 amide bonds. The van der Waals surface area contributed by atoms with Crippen molar-refractivity contribution in [3.8, 4) is 11.5 Å². The van der Waals surface area contributed by atoms with Crippen molar-refractivity contribution < 1.29 is 9.47 Å². The van der Waals surface area contributed by atoms with Crippen molar-refractivity contribution in [2.75, 3.05) is 13.7 Å². The normalized spacial score (nSPS) is 29.1. The molecular weight excluding hydrogens is 262 g/mol. The number of ether oxygens (including phenoxy) is 2. The maximum atomic E-state index is 5.80. The number of benzene rings is 1. The van der Waals surface area contributed by atoms with E-state index in [2.05, 4.69) is 18.3 Å². The molecule has 21 heavy (non-hydrogen) atoms. The Balaban J connectivity index is 1.77. The Kier molecular flexibility index (Phi) is 4.69. The van der Waals surface area contributed by atoms with Gasteiger partial charge in [0.2, 0.25) is 0 Å². The summed E-state index contributed by atoms with van der Waals surface area (Å²) in [4.78, 5) is 0. The number of fused-ring (bicyclic) bond motifs is 1. The second-order valence-corrected chi connectivity index (χ2v) is 6.48. The van der Waals surface area contributed by atoms with Crippen LogP contribution in [0.25, 0.3) is 0 Å². The molecule has 116 valence electrons. The molecule has 3 unspecified atom stereocenters. The summed E-state index contributed by atoms with van der Waals surface area (Å²) >= 11 is 0. The van der Waals surface area contributed by atoms with E-state index in [0.29, 0.717) is 12.1 Å². The molecule has 3 heteroatoms. The maximum absolute atomic E-state index is 5.80. The monoisotopic (exact) mass is 289 g/mol. The Morgan fingerprint density at radius 2 is 2.00 bits per heavy atom. The predicted molar refractivity (Wildman–Crippen MR) is 85.0 cm³/mol. The zero-order valence-electron chi connectivity index (χ0n) is 13.2. The smallest absolute Gasteiger partial charge is 0.124 e. The highest BCUT2D eigenvalue weighted by Crippen LogP contribution is 2.36. The fourth-order valence-corrected chi connectivity index (χ4v) is 3.67. The molecular formula is C18H27NO2. The van der Waals surface area contributed by atoms with Crippen LogP contribution in [-0.4, -0.2) is 19.8 Å². The highest BCUT2D eigenvalue weighted by molar-refractivity contribution is 5.43. The van der Waals surface area contributed by atoms with Gasteiger partial charge in [-0.05, 0) is 37.0 Å². The first-order valence-electron chi connectivity index (χ1n) is 8.34. The van der Waals surface area contributed by atoms with Gasteiger partial charge in [0.15, 0.2) is 0 Å². The van der Waals surface area contributed by atoms with Crippen molar-refractivity contribution in [3.63, 3.8) is 0 Å². The summed E-state index contributed by atoms with van der Waals surface area (Å²) in [7, 11) is 1.72. The Labute approximate surface area is 128 Å². The van der Waals surface area contributed by atoms with E-state index in [-0.39, 0.29) is 0 Å². The molecule has 1 N–H and O–H groups in total. The molecule has 3 atom stereocenters. The zero-order valence-corrected chi connectivity index (χ0v) is 13.2. The summed E-state index contributed by atoms with van der Waals surface area (Å²) in [5.41, 5.74) is 1.26. The van der Waals surface area contributed by atoms with Gasteiger partial charge in [0.1, 0.15) is 11.5 Å². The summed E-state index contributed by atoms with van der Waals surface area (Å²) in [6.07, 6.45) is 7.83. The van der Waals surface area contributed by atoms with E-state index in [1.165, 1.54) is 37.7 Å². The van der Waals surface area contributed by atoms with Crippen LogP contribution >= 0.6 is 0 Å². The molecule has 0 aromatic heterocycles. The van der Waals surface area contributed by atoms with E-state index in [9.17, 15) is 0 Å². The van der Waals surface area contributed by atoms with Crippen molar-refractivity contribution in [1.29, 1.82) is 0 Å². The maximum Gasteiger partial charge on any atom is 0.124 e. The molecule has 0 spiro atoms. The predicted octanol–water partition coefficient (Wildman–Crippen LogP) is 4.08. The van der Waals surface area contributed by atoms with Crippen LogP contribution in [0.4, 0.5) is 0 Å². The molecule has 2 aliphatic rings. The minimum atomic E-state index is 0.398. The molecule has 0 saturated heterocycles. The largest absolute Gasteiger partial charge is 0.497 e. The van der Waals surface area contributed by atoms with Gasteiger partial charge in [-0.15, -0.1) is 0 Å². The van der Waals surface area contributed by atoms with E-state index in [4.69, 9.17) is 9.47 Å². The fraction of sp³-hybridized carbons (Fsp3) is 0.667.